The number of aliphatic carboxylic acids is 1. The van der Waals surface area contributed by atoms with Gasteiger partial charge in [0.25, 0.3) is 10.0 Å². The third kappa shape index (κ3) is 5.81. The molecule has 3 aromatic heterocycles. The van der Waals surface area contributed by atoms with Crippen LogP contribution in [0.4, 0.5) is 5.82 Å². The molecule has 0 radical (unpaired) electrons. The van der Waals surface area contributed by atoms with E-state index in [1.54, 1.807) is 36.5 Å². The first-order valence-corrected chi connectivity index (χ1v) is 12.6. The number of pyridine rings is 2. The maximum absolute atomic E-state index is 13.4. The molecule has 0 atom stereocenters. The molecule has 0 amide bonds. The van der Waals surface area contributed by atoms with Gasteiger partial charge in [0.15, 0.2) is 5.03 Å². The number of thiazole rings is 1. The van der Waals surface area contributed by atoms with E-state index in [1.807, 2.05) is 29.6 Å². The second-order valence-corrected chi connectivity index (χ2v) is 10.0. The van der Waals surface area contributed by atoms with Crippen molar-refractivity contribution < 1.29 is 18.3 Å². The Kier molecular flexibility index (Phi) is 7.26. The monoisotopic (exact) mass is 495 g/mol. The van der Waals surface area contributed by atoms with Gasteiger partial charge >= 0.3 is 5.97 Å². The Morgan fingerprint density at radius 3 is 2.47 bits per heavy atom. The number of rotatable bonds is 10. The standard InChI is InChI=1S/C23H21N5O4S2/c29-22(30)14-26-20-5-3-4-19(27-20)16-28(34(31,32)21-6-1-2-11-24-21)15-17-7-9-18(10-8-17)23-25-12-13-33-23/h1-13H,14-16H2,(H,26,27)(H,29,30). The van der Waals surface area contributed by atoms with Crippen LogP contribution in [0.3, 0.4) is 0 Å². The summed E-state index contributed by atoms with van der Waals surface area (Å²) in [6.07, 6.45) is 3.17. The minimum Gasteiger partial charge on any atom is -0.480 e. The summed E-state index contributed by atoms with van der Waals surface area (Å²) in [7, 11) is -3.93. The van der Waals surface area contributed by atoms with Gasteiger partial charge in [-0.05, 0) is 29.8 Å². The first-order valence-electron chi connectivity index (χ1n) is 10.2. The highest BCUT2D eigenvalue weighted by Gasteiger charge is 2.26. The predicted octanol–water partition coefficient (Wildman–Crippen LogP) is 3.49. The molecule has 4 aromatic rings. The SMILES string of the molecule is O=C(O)CNc1cccc(CN(Cc2ccc(-c3nccs3)cc2)S(=O)(=O)c2ccccn2)n1. The van der Waals surface area contributed by atoms with Crippen LogP contribution in [-0.2, 0) is 27.9 Å². The number of benzene rings is 1. The second kappa shape index (κ2) is 10.5. The van der Waals surface area contributed by atoms with E-state index in [4.69, 9.17) is 5.11 Å². The highest BCUT2D eigenvalue weighted by molar-refractivity contribution is 7.89. The largest absolute Gasteiger partial charge is 0.480 e. The van der Waals surface area contributed by atoms with Crippen LogP contribution in [0.5, 0.6) is 0 Å². The van der Waals surface area contributed by atoms with Gasteiger partial charge in [0, 0.05) is 29.9 Å². The quantitative estimate of drug-likeness (QED) is 0.342. The van der Waals surface area contributed by atoms with Crippen molar-refractivity contribution in [1.29, 1.82) is 0 Å². The molecular weight excluding hydrogens is 474 g/mol. The zero-order chi connectivity index (χ0) is 24.0. The zero-order valence-corrected chi connectivity index (χ0v) is 19.5. The lowest BCUT2D eigenvalue weighted by atomic mass is 10.1. The third-order valence-corrected chi connectivity index (χ3v) is 7.33. The average molecular weight is 496 g/mol. The Morgan fingerprint density at radius 1 is 0.971 bits per heavy atom. The van der Waals surface area contributed by atoms with E-state index in [0.29, 0.717) is 11.5 Å². The molecule has 3 heterocycles. The summed E-state index contributed by atoms with van der Waals surface area (Å²) in [4.78, 5) is 23.5. The van der Waals surface area contributed by atoms with Crippen molar-refractivity contribution in [3.8, 4) is 10.6 Å². The van der Waals surface area contributed by atoms with E-state index in [9.17, 15) is 13.2 Å². The van der Waals surface area contributed by atoms with Crippen molar-refractivity contribution in [2.24, 2.45) is 0 Å². The van der Waals surface area contributed by atoms with Gasteiger partial charge < -0.3 is 10.4 Å². The van der Waals surface area contributed by atoms with E-state index in [-0.39, 0.29) is 24.7 Å². The van der Waals surface area contributed by atoms with Crippen LogP contribution in [0.15, 0.2) is 83.5 Å². The molecule has 0 aliphatic carbocycles. The molecule has 0 spiro atoms. The molecule has 0 saturated carbocycles. The summed E-state index contributed by atoms with van der Waals surface area (Å²) in [5.74, 6) is -0.671. The molecule has 0 bridgehead atoms. The van der Waals surface area contributed by atoms with Crippen LogP contribution in [0.25, 0.3) is 10.6 Å². The number of sulfonamides is 1. The van der Waals surface area contributed by atoms with Gasteiger partial charge in [-0.3, -0.25) is 4.79 Å². The number of aromatic nitrogens is 3. The topological polar surface area (TPSA) is 125 Å². The molecule has 0 saturated heterocycles. The lowest BCUT2D eigenvalue weighted by molar-refractivity contribution is -0.134. The molecule has 0 aliphatic rings. The summed E-state index contributed by atoms with van der Waals surface area (Å²) >= 11 is 1.53. The normalized spacial score (nSPS) is 11.4. The van der Waals surface area contributed by atoms with Gasteiger partial charge in [-0.2, -0.15) is 4.31 Å². The van der Waals surface area contributed by atoms with Crippen molar-refractivity contribution in [2.75, 3.05) is 11.9 Å². The fourth-order valence-electron chi connectivity index (χ4n) is 3.19. The minimum atomic E-state index is -3.93. The second-order valence-electron chi connectivity index (χ2n) is 7.24. The molecule has 9 nitrogen and oxygen atoms in total. The molecule has 0 unspecified atom stereocenters. The molecule has 4 rings (SSSR count). The highest BCUT2D eigenvalue weighted by Crippen LogP contribution is 2.24. The van der Waals surface area contributed by atoms with Crippen molar-refractivity contribution in [1.82, 2.24) is 19.3 Å². The molecule has 1 aromatic carbocycles. The molecule has 11 heteroatoms. The molecule has 174 valence electrons. The number of anilines is 1. The number of nitrogens with zero attached hydrogens (tertiary/aromatic N) is 4. The van der Waals surface area contributed by atoms with E-state index < -0.39 is 16.0 Å². The van der Waals surface area contributed by atoms with Gasteiger partial charge in [0.1, 0.15) is 17.4 Å². The zero-order valence-electron chi connectivity index (χ0n) is 17.9. The number of hydrogen-bond acceptors (Lipinski definition) is 8. The lowest BCUT2D eigenvalue weighted by Gasteiger charge is -2.22. The van der Waals surface area contributed by atoms with Gasteiger partial charge in [0.2, 0.25) is 0 Å². The fraction of sp³-hybridized carbons (Fsp3) is 0.130. The number of carboxylic acids is 1. The summed E-state index contributed by atoms with van der Waals surface area (Å²) in [6, 6.07) is 17.3. The molecule has 0 fully saturated rings. The summed E-state index contributed by atoms with van der Waals surface area (Å²) in [6.45, 7) is -0.209. The number of carbonyl (C=O) groups is 1. The van der Waals surface area contributed by atoms with Crippen LogP contribution in [0, 0.1) is 0 Å². The maximum atomic E-state index is 13.4. The maximum Gasteiger partial charge on any atom is 0.322 e. The van der Waals surface area contributed by atoms with Crippen molar-refractivity contribution >= 4 is 33.1 Å². The van der Waals surface area contributed by atoms with Gasteiger partial charge in [-0.1, -0.05) is 36.4 Å². The van der Waals surface area contributed by atoms with Crippen molar-refractivity contribution in [3.05, 3.63) is 89.7 Å². The molecule has 2 N–H and O–H groups in total. The van der Waals surface area contributed by atoms with Gasteiger partial charge in [-0.25, -0.2) is 23.4 Å². The number of carboxylic acid groups (broad SMARTS) is 1. The van der Waals surface area contributed by atoms with E-state index in [2.05, 4.69) is 20.3 Å². The Bertz CT molecular complexity index is 1350. The molecular formula is C23H21N5O4S2. The third-order valence-electron chi connectivity index (χ3n) is 4.80. The summed E-state index contributed by atoms with van der Waals surface area (Å²) < 4.78 is 28.2. The minimum absolute atomic E-state index is 0.0181. The van der Waals surface area contributed by atoms with Crippen LogP contribution in [-0.4, -0.2) is 45.3 Å². The number of nitrogens with one attached hydrogen (secondary N) is 1. The smallest absolute Gasteiger partial charge is 0.322 e. The van der Waals surface area contributed by atoms with Crippen LogP contribution in [0.2, 0.25) is 0 Å². The van der Waals surface area contributed by atoms with Crippen molar-refractivity contribution in [2.45, 2.75) is 18.1 Å². The summed E-state index contributed by atoms with van der Waals surface area (Å²) in [5.41, 5.74) is 2.21. The van der Waals surface area contributed by atoms with Gasteiger partial charge in [0.05, 0.1) is 12.2 Å². The Morgan fingerprint density at radius 2 is 1.79 bits per heavy atom. The average Bonchev–Trinajstić information content (AvgIpc) is 3.39. The highest BCUT2D eigenvalue weighted by atomic mass is 32.2. The van der Waals surface area contributed by atoms with E-state index in [0.717, 1.165) is 16.1 Å². The van der Waals surface area contributed by atoms with E-state index in [1.165, 1.54) is 27.9 Å². The Balaban J connectivity index is 1.61. The first kappa shape index (κ1) is 23.5. The predicted molar refractivity (Wildman–Crippen MR) is 129 cm³/mol. The fourth-order valence-corrected chi connectivity index (χ4v) is 5.17. The van der Waals surface area contributed by atoms with E-state index >= 15 is 0 Å². The van der Waals surface area contributed by atoms with Crippen LogP contribution < -0.4 is 5.32 Å². The van der Waals surface area contributed by atoms with Crippen LogP contribution in [0.1, 0.15) is 11.3 Å². The molecule has 34 heavy (non-hydrogen) atoms. The van der Waals surface area contributed by atoms with Gasteiger partial charge in [-0.15, -0.1) is 11.3 Å². The van der Waals surface area contributed by atoms with Crippen molar-refractivity contribution in [3.63, 3.8) is 0 Å². The lowest BCUT2D eigenvalue weighted by Crippen LogP contribution is -2.31. The first-order chi connectivity index (χ1) is 16.4. The Labute approximate surface area is 200 Å². The Hall–Kier alpha value is -3.67. The number of hydrogen-bond donors (Lipinski definition) is 2. The summed E-state index contributed by atoms with van der Waals surface area (Å²) in [5, 5.41) is 14.3. The molecule has 0 aliphatic heterocycles. The van der Waals surface area contributed by atoms with Crippen LogP contribution >= 0.6 is 11.3 Å².